The molecule has 1 heterocycles. The molecule has 0 radical (unpaired) electrons. The van der Waals surface area contributed by atoms with Crippen LogP contribution in [-0.4, -0.2) is 29.1 Å². The number of aliphatic carboxylic acids is 1. The van der Waals surface area contributed by atoms with Crippen LogP contribution in [0, 0.1) is 6.92 Å². The molecule has 0 saturated carbocycles. The molecule has 0 atom stereocenters. The lowest BCUT2D eigenvalue weighted by Gasteiger charge is -2.23. The smallest absolute Gasteiger partial charge is 0.328 e. The number of carbonyl (C=O) groups is 1. The van der Waals surface area contributed by atoms with Crippen molar-refractivity contribution < 1.29 is 9.90 Å². The summed E-state index contributed by atoms with van der Waals surface area (Å²) in [5, 5.41) is 8.60. The molecule has 0 aliphatic heterocycles. The Bertz CT molecular complexity index is 481. The summed E-state index contributed by atoms with van der Waals surface area (Å²) in [6.07, 6.45) is 7.24. The van der Waals surface area contributed by atoms with Crippen molar-refractivity contribution in [2.24, 2.45) is 0 Å². The number of aromatic nitrogens is 1. The zero-order valence-electron chi connectivity index (χ0n) is 11.5. The number of rotatable bonds is 7. The second-order valence-corrected chi connectivity index (χ2v) is 4.32. The van der Waals surface area contributed by atoms with E-state index in [1.165, 1.54) is 0 Å². The molecule has 0 fully saturated rings. The number of pyridine rings is 1. The predicted octanol–water partition coefficient (Wildman–Crippen LogP) is 2.89. The van der Waals surface area contributed by atoms with Crippen molar-refractivity contribution in [3.63, 3.8) is 0 Å². The van der Waals surface area contributed by atoms with Crippen LogP contribution in [0.2, 0.25) is 0 Å². The second-order valence-electron chi connectivity index (χ2n) is 4.32. The molecule has 102 valence electrons. The van der Waals surface area contributed by atoms with Crippen LogP contribution in [0.4, 0.5) is 5.82 Å². The van der Waals surface area contributed by atoms with E-state index < -0.39 is 5.97 Å². The Morgan fingerprint density at radius 3 is 2.84 bits per heavy atom. The number of anilines is 1. The van der Waals surface area contributed by atoms with Gasteiger partial charge in [0, 0.05) is 25.4 Å². The molecule has 0 saturated heterocycles. The van der Waals surface area contributed by atoms with E-state index in [0.717, 1.165) is 42.5 Å². The first-order chi connectivity index (χ1) is 9.08. The van der Waals surface area contributed by atoms with E-state index >= 15 is 0 Å². The number of carboxylic acid groups (broad SMARTS) is 1. The van der Waals surface area contributed by atoms with Gasteiger partial charge in [-0.2, -0.15) is 0 Å². The second kappa shape index (κ2) is 7.36. The van der Waals surface area contributed by atoms with Crippen LogP contribution >= 0.6 is 0 Å². The van der Waals surface area contributed by atoms with Gasteiger partial charge in [0.05, 0.1) is 0 Å². The molecular formula is C15H20N2O2. The molecule has 1 N–H and O–H groups in total. The number of hydrogen-bond acceptors (Lipinski definition) is 3. The molecule has 0 aliphatic carbocycles. The molecule has 0 aliphatic rings. The lowest BCUT2D eigenvalue weighted by molar-refractivity contribution is -0.131. The largest absolute Gasteiger partial charge is 0.478 e. The molecule has 0 spiro atoms. The summed E-state index contributed by atoms with van der Waals surface area (Å²) in [7, 11) is 0. The van der Waals surface area contributed by atoms with E-state index in [2.05, 4.69) is 23.4 Å². The third-order valence-electron chi connectivity index (χ3n) is 2.63. The van der Waals surface area contributed by atoms with E-state index in [1.54, 1.807) is 12.3 Å². The van der Waals surface area contributed by atoms with E-state index in [0.29, 0.717) is 0 Å². The van der Waals surface area contributed by atoms with Crippen LogP contribution < -0.4 is 4.90 Å². The van der Waals surface area contributed by atoms with Crippen molar-refractivity contribution in [1.29, 1.82) is 0 Å². The minimum atomic E-state index is -0.957. The topological polar surface area (TPSA) is 53.4 Å². The van der Waals surface area contributed by atoms with Gasteiger partial charge >= 0.3 is 5.97 Å². The van der Waals surface area contributed by atoms with Crippen molar-refractivity contribution in [3.8, 4) is 0 Å². The monoisotopic (exact) mass is 260 g/mol. The summed E-state index contributed by atoms with van der Waals surface area (Å²) in [4.78, 5) is 17.1. The quantitative estimate of drug-likeness (QED) is 0.605. The molecule has 4 heteroatoms. The van der Waals surface area contributed by atoms with Crippen molar-refractivity contribution in [1.82, 2.24) is 4.98 Å². The lowest BCUT2D eigenvalue weighted by atomic mass is 10.2. The maximum Gasteiger partial charge on any atom is 0.328 e. The normalized spacial score (nSPS) is 10.6. The maximum atomic E-state index is 10.5. The Kier molecular flexibility index (Phi) is 5.79. The van der Waals surface area contributed by atoms with Gasteiger partial charge in [-0.15, -0.1) is 6.58 Å². The Morgan fingerprint density at radius 2 is 2.32 bits per heavy atom. The summed E-state index contributed by atoms with van der Waals surface area (Å²) >= 11 is 0. The van der Waals surface area contributed by atoms with Gasteiger partial charge in [-0.05, 0) is 36.6 Å². The van der Waals surface area contributed by atoms with Crippen LogP contribution in [0.3, 0.4) is 0 Å². The number of hydrogen-bond donors (Lipinski definition) is 1. The van der Waals surface area contributed by atoms with Crippen molar-refractivity contribution in [2.75, 3.05) is 18.0 Å². The summed E-state index contributed by atoms with van der Waals surface area (Å²) < 4.78 is 0. The first kappa shape index (κ1) is 15.0. The third kappa shape index (κ3) is 4.58. The van der Waals surface area contributed by atoms with Crippen molar-refractivity contribution in [2.45, 2.75) is 20.3 Å². The highest BCUT2D eigenvalue weighted by atomic mass is 16.4. The first-order valence-electron chi connectivity index (χ1n) is 6.32. The Morgan fingerprint density at radius 1 is 1.58 bits per heavy atom. The van der Waals surface area contributed by atoms with Crippen LogP contribution in [0.25, 0.3) is 6.08 Å². The minimum Gasteiger partial charge on any atom is -0.478 e. The van der Waals surface area contributed by atoms with Crippen LogP contribution in [-0.2, 0) is 4.79 Å². The highest BCUT2D eigenvalue weighted by Crippen LogP contribution is 2.19. The van der Waals surface area contributed by atoms with Crippen molar-refractivity contribution in [3.05, 3.63) is 42.1 Å². The van der Waals surface area contributed by atoms with E-state index in [4.69, 9.17) is 5.11 Å². The zero-order valence-corrected chi connectivity index (χ0v) is 11.5. The fourth-order valence-corrected chi connectivity index (χ4v) is 1.89. The molecule has 0 amide bonds. The standard InChI is InChI=1S/C15H20N2O2/c1-4-8-17(9-5-2)15-12(3)10-13(11-16-15)6-7-14(18)19/h4,6-7,10-11H,1,5,8-9H2,2-3H3,(H,18,19)/b7-6+. The molecule has 4 nitrogen and oxygen atoms in total. The zero-order chi connectivity index (χ0) is 14.3. The average Bonchev–Trinajstić information content (AvgIpc) is 2.36. The first-order valence-corrected chi connectivity index (χ1v) is 6.32. The van der Waals surface area contributed by atoms with E-state index in [1.807, 2.05) is 19.1 Å². The molecule has 0 aromatic carbocycles. The average molecular weight is 260 g/mol. The van der Waals surface area contributed by atoms with Crippen molar-refractivity contribution >= 4 is 17.9 Å². The Balaban J connectivity index is 2.97. The molecule has 0 unspecified atom stereocenters. The highest BCUT2D eigenvalue weighted by molar-refractivity contribution is 5.85. The van der Waals surface area contributed by atoms with Gasteiger partial charge in [0.2, 0.25) is 0 Å². The Labute approximate surface area is 114 Å². The van der Waals surface area contributed by atoms with Crippen LogP contribution in [0.15, 0.2) is 31.0 Å². The minimum absolute atomic E-state index is 0.756. The van der Waals surface area contributed by atoms with Crippen LogP contribution in [0.1, 0.15) is 24.5 Å². The van der Waals surface area contributed by atoms with Gasteiger partial charge in [-0.25, -0.2) is 9.78 Å². The van der Waals surface area contributed by atoms with Gasteiger partial charge in [-0.3, -0.25) is 0 Å². The summed E-state index contributed by atoms with van der Waals surface area (Å²) in [5.41, 5.74) is 1.82. The molecule has 0 bridgehead atoms. The van der Waals surface area contributed by atoms with E-state index in [9.17, 15) is 4.79 Å². The van der Waals surface area contributed by atoms with Crippen LogP contribution in [0.5, 0.6) is 0 Å². The predicted molar refractivity (Wildman–Crippen MR) is 78.3 cm³/mol. The lowest BCUT2D eigenvalue weighted by Crippen LogP contribution is -2.25. The fourth-order valence-electron chi connectivity index (χ4n) is 1.89. The molecule has 1 aromatic heterocycles. The van der Waals surface area contributed by atoms with Gasteiger partial charge in [0.1, 0.15) is 5.82 Å². The van der Waals surface area contributed by atoms with Gasteiger partial charge in [0.25, 0.3) is 0 Å². The summed E-state index contributed by atoms with van der Waals surface area (Å²) in [6, 6.07) is 1.94. The van der Waals surface area contributed by atoms with Gasteiger partial charge < -0.3 is 10.0 Å². The SMILES string of the molecule is C=CCN(CCC)c1ncc(/C=C/C(=O)O)cc1C. The molecule has 1 rings (SSSR count). The third-order valence-corrected chi connectivity index (χ3v) is 2.63. The van der Waals surface area contributed by atoms with Gasteiger partial charge in [0.15, 0.2) is 0 Å². The molecular weight excluding hydrogens is 240 g/mol. The number of carboxylic acids is 1. The van der Waals surface area contributed by atoms with Gasteiger partial charge in [-0.1, -0.05) is 13.0 Å². The highest BCUT2D eigenvalue weighted by Gasteiger charge is 2.08. The molecule has 1 aromatic rings. The van der Waals surface area contributed by atoms with E-state index in [-0.39, 0.29) is 0 Å². The number of nitrogens with zero attached hydrogens (tertiary/aromatic N) is 2. The summed E-state index contributed by atoms with van der Waals surface area (Å²) in [5.74, 6) is -0.0322. The number of aryl methyl sites for hydroxylation is 1. The molecule has 19 heavy (non-hydrogen) atoms. The summed E-state index contributed by atoms with van der Waals surface area (Å²) in [6.45, 7) is 9.53. The Hall–Kier alpha value is -2.10. The maximum absolute atomic E-state index is 10.5. The fraction of sp³-hybridized carbons (Fsp3) is 0.333.